The Bertz CT molecular complexity index is 730. The number of hydrogen-bond acceptors (Lipinski definition) is 4. The van der Waals surface area contributed by atoms with Gasteiger partial charge in [0.2, 0.25) is 0 Å². The van der Waals surface area contributed by atoms with Crippen molar-refractivity contribution in [1.29, 1.82) is 0 Å². The van der Waals surface area contributed by atoms with Crippen molar-refractivity contribution in [2.45, 2.75) is 13.5 Å². The first kappa shape index (κ1) is 13.2. The van der Waals surface area contributed by atoms with Gasteiger partial charge in [0.25, 0.3) is 5.91 Å². The summed E-state index contributed by atoms with van der Waals surface area (Å²) in [5.41, 5.74) is 1.73. The maximum Gasteiger partial charge on any atom is 0.280 e. The molecule has 0 aliphatic carbocycles. The maximum absolute atomic E-state index is 12.8. The number of aryl methyl sites for hydroxylation is 1. The summed E-state index contributed by atoms with van der Waals surface area (Å²) >= 11 is 3.04. The Balaban J connectivity index is 1.69. The molecule has 0 unspecified atom stereocenters. The Morgan fingerprint density at radius 3 is 2.75 bits per heavy atom. The Hall–Kier alpha value is -1.79. The molecule has 0 saturated heterocycles. The monoisotopic (exact) mass is 306 g/mol. The minimum atomic E-state index is -0.282. The molecule has 3 rings (SSSR count). The molecule has 0 spiro atoms. The molecule has 0 bridgehead atoms. The van der Waals surface area contributed by atoms with E-state index < -0.39 is 0 Å². The minimum Gasteiger partial charge on any atom is -0.346 e. The number of carbonyl (C=O) groups is 1. The number of hydrogen-bond donors (Lipinski definition) is 1. The third kappa shape index (κ3) is 2.71. The highest BCUT2D eigenvalue weighted by atomic mass is 32.2. The van der Waals surface area contributed by atoms with Gasteiger partial charge in [0.05, 0.1) is 5.52 Å². The Morgan fingerprint density at radius 2 is 2.05 bits per heavy atom. The van der Waals surface area contributed by atoms with Gasteiger partial charge in [-0.2, -0.15) is 0 Å². The molecule has 2 heterocycles. The number of nitrogens with zero attached hydrogens (tertiary/aromatic N) is 1. The third-order valence-corrected chi connectivity index (χ3v) is 4.97. The predicted molar refractivity (Wildman–Crippen MR) is 79.8 cm³/mol. The molecule has 6 heteroatoms. The largest absolute Gasteiger partial charge is 0.346 e. The van der Waals surface area contributed by atoms with Crippen LogP contribution < -0.4 is 5.32 Å². The lowest BCUT2D eigenvalue weighted by Gasteiger charge is -2.02. The van der Waals surface area contributed by atoms with E-state index in [2.05, 4.69) is 10.3 Å². The summed E-state index contributed by atoms with van der Waals surface area (Å²) in [4.78, 5) is 17.5. The summed E-state index contributed by atoms with van der Waals surface area (Å²) in [5.74, 6) is -0.476. The van der Waals surface area contributed by atoms with E-state index in [4.69, 9.17) is 0 Å². The Labute approximate surface area is 123 Å². The summed E-state index contributed by atoms with van der Waals surface area (Å²) in [7, 11) is 0. The van der Waals surface area contributed by atoms with Gasteiger partial charge in [-0.1, -0.05) is 23.5 Å². The summed E-state index contributed by atoms with van der Waals surface area (Å²) in [6, 6.07) is 8.04. The highest BCUT2D eigenvalue weighted by molar-refractivity contribution is 7.38. The van der Waals surface area contributed by atoms with Crippen molar-refractivity contribution >= 4 is 38.1 Å². The molecule has 3 nitrogen and oxygen atoms in total. The smallest absolute Gasteiger partial charge is 0.280 e. The molecule has 1 amide bonds. The van der Waals surface area contributed by atoms with Crippen molar-refractivity contribution < 1.29 is 9.18 Å². The zero-order chi connectivity index (χ0) is 14.1. The number of rotatable bonds is 3. The van der Waals surface area contributed by atoms with Crippen LogP contribution in [0.3, 0.4) is 0 Å². The van der Waals surface area contributed by atoms with E-state index in [0.29, 0.717) is 11.6 Å². The van der Waals surface area contributed by atoms with Crippen LogP contribution in [0.1, 0.15) is 20.2 Å². The van der Waals surface area contributed by atoms with E-state index in [-0.39, 0.29) is 11.7 Å². The highest BCUT2D eigenvalue weighted by Crippen LogP contribution is 2.30. The number of fused-ring (bicyclic) bond motifs is 1. The third-order valence-electron chi connectivity index (χ3n) is 2.77. The second kappa shape index (κ2) is 5.30. The molecule has 1 aromatic carbocycles. The number of carbonyl (C=O) groups excluding carboxylic acids is 1. The van der Waals surface area contributed by atoms with Crippen molar-refractivity contribution in [2.24, 2.45) is 0 Å². The molecule has 0 aliphatic heterocycles. The van der Waals surface area contributed by atoms with Crippen LogP contribution in [0.15, 0.2) is 30.3 Å². The molecular formula is C14H11FN2OS2. The first-order valence-corrected chi connectivity index (χ1v) is 7.65. The average molecular weight is 306 g/mol. The summed E-state index contributed by atoms with van der Waals surface area (Å²) in [6.45, 7) is 2.39. The molecule has 0 radical (unpaired) electrons. The van der Waals surface area contributed by atoms with Crippen LogP contribution in [0.2, 0.25) is 0 Å². The van der Waals surface area contributed by atoms with E-state index in [1.54, 1.807) is 23.5 Å². The quantitative estimate of drug-likeness (QED) is 0.801. The van der Waals surface area contributed by atoms with Gasteiger partial charge in [-0.3, -0.25) is 4.79 Å². The van der Waals surface area contributed by atoms with Gasteiger partial charge in [0.1, 0.15) is 9.83 Å². The van der Waals surface area contributed by atoms with Crippen molar-refractivity contribution in [1.82, 2.24) is 10.3 Å². The molecule has 2 aromatic heterocycles. The van der Waals surface area contributed by atoms with E-state index in [9.17, 15) is 9.18 Å². The van der Waals surface area contributed by atoms with E-state index >= 15 is 0 Å². The molecule has 0 saturated carbocycles. The van der Waals surface area contributed by atoms with Crippen molar-refractivity contribution in [3.63, 3.8) is 0 Å². The maximum atomic E-state index is 12.8. The number of nitrogens with one attached hydrogen (secondary N) is 1. The Morgan fingerprint density at radius 1 is 1.30 bits per heavy atom. The second-order valence-corrected chi connectivity index (χ2v) is 6.87. The molecule has 0 fully saturated rings. The van der Waals surface area contributed by atoms with Crippen LogP contribution in [0.25, 0.3) is 9.53 Å². The molecule has 0 aliphatic rings. The molecule has 102 valence electrons. The molecule has 3 aromatic rings. The number of thiazole rings is 1. The van der Waals surface area contributed by atoms with Gasteiger partial charge in [0.15, 0.2) is 5.01 Å². The van der Waals surface area contributed by atoms with Gasteiger partial charge < -0.3 is 5.32 Å². The van der Waals surface area contributed by atoms with E-state index in [1.165, 1.54) is 28.3 Å². The average Bonchev–Trinajstić information content (AvgIpc) is 2.95. The van der Waals surface area contributed by atoms with Crippen molar-refractivity contribution in [3.8, 4) is 0 Å². The summed E-state index contributed by atoms with van der Waals surface area (Å²) in [5, 5.41) is 3.26. The van der Waals surface area contributed by atoms with Gasteiger partial charge in [-0.05, 0) is 30.7 Å². The van der Waals surface area contributed by atoms with E-state index in [1.807, 2.05) is 13.0 Å². The Kier molecular flexibility index (Phi) is 3.50. The minimum absolute atomic E-state index is 0.194. The number of aromatic nitrogens is 1. The topological polar surface area (TPSA) is 42.0 Å². The zero-order valence-corrected chi connectivity index (χ0v) is 12.3. The first-order valence-electron chi connectivity index (χ1n) is 6.01. The van der Waals surface area contributed by atoms with Crippen LogP contribution in [0, 0.1) is 12.7 Å². The van der Waals surface area contributed by atoms with Crippen molar-refractivity contribution in [3.05, 3.63) is 51.6 Å². The standard InChI is InChI=1S/C14H11FN2OS2/c1-8-6-11-14(19-8)20-13(17-11)12(18)16-7-9-2-4-10(15)5-3-9/h2-6H,7H2,1H3,(H,16,18). The van der Waals surface area contributed by atoms with Gasteiger partial charge in [-0.15, -0.1) is 11.3 Å². The van der Waals surface area contributed by atoms with Crippen LogP contribution in [-0.4, -0.2) is 10.9 Å². The SMILES string of the molecule is Cc1cc2nc(C(=O)NCc3ccc(F)cc3)sc2s1. The number of halogens is 1. The highest BCUT2D eigenvalue weighted by Gasteiger charge is 2.13. The van der Waals surface area contributed by atoms with Gasteiger partial charge in [-0.25, -0.2) is 9.37 Å². The fraction of sp³-hybridized carbons (Fsp3) is 0.143. The fourth-order valence-corrected chi connectivity index (χ4v) is 3.97. The lowest BCUT2D eigenvalue weighted by Crippen LogP contribution is -2.22. The van der Waals surface area contributed by atoms with Crippen LogP contribution >= 0.6 is 22.7 Å². The molecule has 20 heavy (non-hydrogen) atoms. The first-order chi connectivity index (χ1) is 9.61. The number of amides is 1. The van der Waals surface area contributed by atoms with Gasteiger partial charge in [0, 0.05) is 11.4 Å². The van der Waals surface area contributed by atoms with E-state index in [0.717, 1.165) is 15.1 Å². The van der Waals surface area contributed by atoms with Crippen LogP contribution in [-0.2, 0) is 6.54 Å². The predicted octanol–water partition coefficient (Wildman–Crippen LogP) is 3.74. The van der Waals surface area contributed by atoms with Crippen LogP contribution in [0.4, 0.5) is 4.39 Å². The molecule has 0 atom stereocenters. The number of thiophene rings is 1. The molecular weight excluding hydrogens is 295 g/mol. The fourth-order valence-electron chi connectivity index (χ4n) is 1.81. The van der Waals surface area contributed by atoms with Crippen molar-refractivity contribution in [2.75, 3.05) is 0 Å². The lowest BCUT2D eigenvalue weighted by atomic mass is 10.2. The second-order valence-electron chi connectivity index (χ2n) is 4.36. The zero-order valence-electron chi connectivity index (χ0n) is 10.6. The normalized spacial score (nSPS) is 10.9. The van der Waals surface area contributed by atoms with Gasteiger partial charge >= 0.3 is 0 Å². The molecule has 1 N–H and O–H groups in total. The van der Waals surface area contributed by atoms with Crippen LogP contribution in [0.5, 0.6) is 0 Å². The number of benzene rings is 1. The lowest BCUT2D eigenvalue weighted by molar-refractivity contribution is 0.0951. The summed E-state index contributed by atoms with van der Waals surface area (Å²) < 4.78 is 13.8. The summed E-state index contributed by atoms with van der Waals surface area (Å²) in [6.07, 6.45) is 0.